The van der Waals surface area contributed by atoms with E-state index in [2.05, 4.69) is 30.7 Å². The second kappa shape index (κ2) is 5.00. The summed E-state index contributed by atoms with van der Waals surface area (Å²) in [6.45, 7) is 12.8. The lowest BCUT2D eigenvalue weighted by Gasteiger charge is -2.29. The smallest absolute Gasteiger partial charge is 0.160 e. The normalized spacial score (nSPS) is 13.8. The minimum absolute atomic E-state index is 0.0514. The van der Waals surface area contributed by atoms with Crippen molar-refractivity contribution in [3.8, 4) is 0 Å². The van der Waals surface area contributed by atoms with E-state index in [0.717, 1.165) is 11.3 Å². The van der Waals surface area contributed by atoms with Gasteiger partial charge in [0, 0.05) is 17.9 Å². The van der Waals surface area contributed by atoms with Gasteiger partial charge in [0.25, 0.3) is 0 Å². The first-order valence-corrected chi connectivity index (χ1v) is 5.99. The molecule has 1 atom stereocenters. The SMILES string of the molecule is CCOC(c1nc(C)c(C)c(N)n1)C(C)(C)C. The average Bonchev–Trinajstić information content (AvgIpc) is 2.20. The van der Waals surface area contributed by atoms with Gasteiger partial charge in [0.2, 0.25) is 0 Å². The van der Waals surface area contributed by atoms with E-state index in [1.807, 2.05) is 20.8 Å². The third-order valence-electron chi connectivity index (χ3n) is 2.80. The Hall–Kier alpha value is -1.16. The van der Waals surface area contributed by atoms with Crippen LogP contribution in [0.1, 0.15) is 50.9 Å². The first-order valence-electron chi connectivity index (χ1n) is 5.99. The number of nitrogens with two attached hydrogens (primary N) is 1. The van der Waals surface area contributed by atoms with E-state index in [9.17, 15) is 0 Å². The van der Waals surface area contributed by atoms with E-state index in [1.165, 1.54) is 0 Å². The van der Waals surface area contributed by atoms with Crippen molar-refractivity contribution in [3.63, 3.8) is 0 Å². The van der Waals surface area contributed by atoms with Crippen molar-refractivity contribution in [2.45, 2.75) is 47.6 Å². The number of rotatable bonds is 3. The van der Waals surface area contributed by atoms with E-state index in [-0.39, 0.29) is 11.5 Å². The van der Waals surface area contributed by atoms with Crippen molar-refractivity contribution in [1.82, 2.24) is 9.97 Å². The van der Waals surface area contributed by atoms with Gasteiger partial charge >= 0.3 is 0 Å². The molecule has 0 bridgehead atoms. The summed E-state index contributed by atoms with van der Waals surface area (Å²) >= 11 is 0. The van der Waals surface area contributed by atoms with Gasteiger partial charge in [-0.2, -0.15) is 0 Å². The summed E-state index contributed by atoms with van der Waals surface area (Å²) in [4.78, 5) is 8.86. The highest BCUT2D eigenvalue weighted by Crippen LogP contribution is 2.34. The molecule has 1 rings (SSSR count). The quantitative estimate of drug-likeness (QED) is 0.878. The topological polar surface area (TPSA) is 61.0 Å². The van der Waals surface area contributed by atoms with E-state index in [4.69, 9.17) is 10.5 Å². The summed E-state index contributed by atoms with van der Waals surface area (Å²) in [7, 11) is 0. The molecule has 0 fully saturated rings. The Labute approximate surface area is 104 Å². The number of ether oxygens (including phenoxy) is 1. The molecule has 1 heterocycles. The molecule has 1 unspecified atom stereocenters. The van der Waals surface area contributed by atoms with Crippen LogP contribution in [-0.4, -0.2) is 16.6 Å². The summed E-state index contributed by atoms with van der Waals surface area (Å²) in [6.07, 6.45) is -0.130. The number of aryl methyl sites for hydroxylation is 1. The van der Waals surface area contributed by atoms with Crippen LogP contribution < -0.4 is 5.73 Å². The molecule has 0 amide bonds. The summed E-state index contributed by atoms with van der Waals surface area (Å²) in [6, 6.07) is 0. The van der Waals surface area contributed by atoms with E-state index in [1.54, 1.807) is 0 Å². The predicted molar refractivity (Wildman–Crippen MR) is 69.7 cm³/mol. The molecule has 0 aliphatic carbocycles. The molecular formula is C13H23N3O. The third kappa shape index (κ3) is 3.16. The molecule has 1 aromatic rings. The number of aromatic nitrogens is 2. The first kappa shape index (κ1) is 13.9. The number of hydrogen-bond acceptors (Lipinski definition) is 4. The lowest BCUT2D eigenvalue weighted by atomic mass is 9.88. The molecule has 0 aliphatic heterocycles. The lowest BCUT2D eigenvalue weighted by molar-refractivity contribution is -0.0191. The van der Waals surface area contributed by atoms with Gasteiger partial charge in [-0.1, -0.05) is 20.8 Å². The zero-order chi connectivity index (χ0) is 13.2. The van der Waals surface area contributed by atoms with Gasteiger partial charge in [0.1, 0.15) is 11.9 Å². The van der Waals surface area contributed by atoms with Gasteiger partial charge < -0.3 is 10.5 Å². The van der Waals surface area contributed by atoms with Gasteiger partial charge in [-0.05, 0) is 26.2 Å². The second-order valence-corrected chi connectivity index (χ2v) is 5.38. The minimum atomic E-state index is -0.130. The Morgan fingerprint density at radius 2 is 1.82 bits per heavy atom. The van der Waals surface area contributed by atoms with Crippen molar-refractivity contribution in [2.24, 2.45) is 5.41 Å². The molecular weight excluding hydrogens is 214 g/mol. The average molecular weight is 237 g/mol. The first-order chi connectivity index (χ1) is 7.77. The summed E-state index contributed by atoms with van der Waals surface area (Å²) in [5.74, 6) is 1.22. The molecule has 0 spiro atoms. The summed E-state index contributed by atoms with van der Waals surface area (Å²) < 4.78 is 5.76. The highest BCUT2D eigenvalue weighted by atomic mass is 16.5. The van der Waals surface area contributed by atoms with Crippen molar-refractivity contribution in [2.75, 3.05) is 12.3 Å². The van der Waals surface area contributed by atoms with Crippen LogP contribution >= 0.6 is 0 Å². The van der Waals surface area contributed by atoms with Crippen LogP contribution in [0.4, 0.5) is 5.82 Å². The largest absolute Gasteiger partial charge is 0.383 e. The van der Waals surface area contributed by atoms with E-state index < -0.39 is 0 Å². The molecule has 0 aromatic carbocycles. The van der Waals surface area contributed by atoms with Crippen molar-refractivity contribution < 1.29 is 4.74 Å². The van der Waals surface area contributed by atoms with Gasteiger partial charge in [-0.15, -0.1) is 0 Å². The predicted octanol–water partition coefficient (Wildman–Crippen LogP) is 2.80. The standard InChI is InChI=1S/C13H23N3O/c1-7-17-10(13(4,5)6)12-15-9(3)8(2)11(14)16-12/h10H,7H2,1-6H3,(H2,14,15,16). The lowest BCUT2D eigenvalue weighted by Crippen LogP contribution is -2.24. The third-order valence-corrected chi connectivity index (χ3v) is 2.80. The monoisotopic (exact) mass is 237 g/mol. The molecule has 4 nitrogen and oxygen atoms in total. The summed E-state index contributed by atoms with van der Waals surface area (Å²) in [5.41, 5.74) is 7.70. The minimum Gasteiger partial charge on any atom is -0.383 e. The Balaban J connectivity index is 3.20. The van der Waals surface area contributed by atoms with Crippen molar-refractivity contribution >= 4 is 5.82 Å². The number of anilines is 1. The Kier molecular flexibility index (Phi) is 4.09. The molecule has 0 radical (unpaired) electrons. The van der Waals surface area contributed by atoms with Crippen LogP contribution in [0.25, 0.3) is 0 Å². The second-order valence-electron chi connectivity index (χ2n) is 5.38. The molecule has 0 saturated heterocycles. The maximum Gasteiger partial charge on any atom is 0.160 e. The molecule has 96 valence electrons. The zero-order valence-corrected chi connectivity index (χ0v) is 11.7. The van der Waals surface area contributed by atoms with Crippen LogP contribution in [0.15, 0.2) is 0 Å². The molecule has 4 heteroatoms. The number of nitrogen functional groups attached to an aromatic ring is 1. The van der Waals surface area contributed by atoms with Crippen LogP contribution in [0, 0.1) is 19.3 Å². The highest BCUT2D eigenvalue weighted by Gasteiger charge is 2.30. The molecule has 2 N–H and O–H groups in total. The van der Waals surface area contributed by atoms with Crippen molar-refractivity contribution in [3.05, 3.63) is 17.1 Å². The van der Waals surface area contributed by atoms with E-state index >= 15 is 0 Å². The van der Waals surface area contributed by atoms with Crippen LogP contribution in [0.5, 0.6) is 0 Å². The van der Waals surface area contributed by atoms with Crippen LogP contribution in [0.2, 0.25) is 0 Å². The molecule has 17 heavy (non-hydrogen) atoms. The van der Waals surface area contributed by atoms with Crippen LogP contribution in [-0.2, 0) is 4.74 Å². The maximum atomic E-state index is 5.89. The highest BCUT2D eigenvalue weighted by molar-refractivity contribution is 5.40. The Morgan fingerprint density at radius 1 is 1.24 bits per heavy atom. The van der Waals surface area contributed by atoms with Crippen LogP contribution in [0.3, 0.4) is 0 Å². The fraction of sp³-hybridized carbons (Fsp3) is 0.692. The molecule has 0 aliphatic rings. The Morgan fingerprint density at radius 3 is 2.24 bits per heavy atom. The Bertz CT molecular complexity index is 373. The maximum absolute atomic E-state index is 5.89. The number of hydrogen-bond donors (Lipinski definition) is 1. The fourth-order valence-electron chi connectivity index (χ4n) is 1.67. The zero-order valence-electron chi connectivity index (χ0n) is 11.7. The number of nitrogens with zero attached hydrogens (tertiary/aromatic N) is 2. The van der Waals surface area contributed by atoms with E-state index in [0.29, 0.717) is 18.2 Å². The summed E-state index contributed by atoms with van der Waals surface area (Å²) in [5, 5.41) is 0. The fourth-order valence-corrected chi connectivity index (χ4v) is 1.67. The van der Waals surface area contributed by atoms with Gasteiger partial charge in [0.15, 0.2) is 5.82 Å². The van der Waals surface area contributed by atoms with Gasteiger partial charge in [-0.3, -0.25) is 0 Å². The molecule has 0 saturated carbocycles. The van der Waals surface area contributed by atoms with Crippen molar-refractivity contribution in [1.29, 1.82) is 0 Å². The van der Waals surface area contributed by atoms with Gasteiger partial charge in [0.05, 0.1) is 0 Å². The van der Waals surface area contributed by atoms with Gasteiger partial charge in [-0.25, -0.2) is 9.97 Å². The molecule has 1 aromatic heterocycles.